The Bertz CT molecular complexity index is 420. The van der Waals surface area contributed by atoms with Crippen LogP contribution in [0.3, 0.4) is 0 Å². The highest BCUT2D eigenvalue weighted by Crippen LogP contribution is 2.29. The molecule has 21 heavy (non-hydrogen) atoms. The van der Waals surface area contributed by atoms with Crippen LogP contribution in [0.1, 0.15) is 38.8 Å². The van der Waals surface area contributed by atoms with Gasteiger partial charge < -0.3 is 10.6 Å². The Morgan fingerprint density at radius 3 is 2.76 bits per heavy atom. The van der Waals surface area contributed by atoms with Crippen molar-refractivity contribution in [2.75, 3.05) is 26.7 Å². The zero-order valence-corrected chi connectivity index (χ0v) is 13.8. The molecule has 4 nitrogen and oxygen atoms in total. The standard InChI is InChI=1S/C17H30N4/c1-15(2)21-11-6-8-17(14-18,9-12-21)20(3)13-16-7-4-5-10-19-16/h4-5,7,10,15H,6,8-9,11-14,18H2,1-3H3. The maximum atomic E-state index is 6.20. The van der Waals surface area contributed by atoms with Crippen LogP contribution in [0.2, 0.25) is 0 Å². The van der Waals surface area contributed by atoms with Crippen molar-refractivity contribution in [1.82, 2.24) is 14.8 Å². The lowest BCUT2D eigenvalue weighted by atomic mass is 9.88. The minimum absolute atomic E-state index is 0.112. The number of likely N-dealkylation sites (N-methyl/N-ethyl adjacent to an activating group) is 1. The first-order chi connectivity index (χ1) is 10.1. The van der Waals surface area contributed by atoms with E-state index in [0.29, 0.717) is 6.04 Å². The van der Waals surface area contributed by atoms with Gasteiger partial charge in [0.05, 0.1) is 5.69 Å². The zero-order chi connectivity index (χ0) is 15.3. The highest BCUT2D eigenvalue weighted by Gasteiger charge is 2.35. The van der Waals surface area contributed by atoms with Crippen LogP contribution in [0.4, 0.5) is 0 Å². The summed E-state index contributed by atoms with van der Waals surface area (Å²) in [5.74, 6) is 0. The van der Waals surface area contributed by atoms with Crippen LogP contribution in [-0.4, -0.2) is 53.0 Å². The molecule has 1 aromatic rings. The zero-order valence-electron chi connectivity index (χ0n) is 13.8. The van der Waals surface area contributed by atoms with Gasteiger partial charge in [-0.2, -0.15) is 0 Å². The predicted molar refractivity (Wildman–Crippen MR) is 88.0 cm³/mol. The summed E-state index contributed by atoms with van der Waals surface area (Å²) in [6, 6.07) is 6.74. The maximum Gasteiger partial charge on any atom is 0.0544 e. The largest absolute Gasteiger partial charge is 0.329 e. The lowest BCUT2D eigenvalue weighted by Crippen LogP contribution is -2.52. The van der Waals surface area contributed by atoms with Crippen molar-refractivity contribution < 1.29 is 0 Å². The molecule has 1 saturated heterocycles. The number of nitrogens with two attached hydrogens (primary N) is 1. The van der Waals surface area contributed by atoms with Gasteiger partial charge in [0.2, 0.25) is 0 Å². The van der Waals surface area contributed by atoms with Gasteiger partial charge in [0.15, 0.2) is 0 Å². The molecule has 0 amide bonds. The van der Waals surface area contributed by atoms with Gasteiger partial charge in [-0.25, -0.2) is 0 Å². The van der Waals surface area contributed by atoms with Crippen LogP contribution < -0.4 is 5.73 Å². The van der Waals surface area contributed by atoms with Gasteiger partial charge in [-0.05, 0) is 58.8 Å². The Labute approximate surface area is 129 Å². The molecule has 118 valence electrons. The number of pyridine rings is 1. The molecular weight excluding hydrogens is 260 g/mol. The van der Waals surface area contributed by atoms with Gasteiger partial charge in [-0.3, -0.25) is 9.88 Å². The molecule has 1 aromatic heterocycles. The van der Waals surface area contributed by atoms with Crippen LogP contribution in [0.5, 0.6) is 0 Å². The van der Waals surface area contributed by atoms with E-state index in [-0.39, 0.29) is 5.54 Å². The molecule has 0 bridgehead atoms. The van der Waals surface area contributed by atoms with Crippen molar-refractivity contribution >= 4 is 0 Å². The molecule has 2 rings (SSSR count). The molecular formula is C17H30N4. The summed E-state index contributed by atoms with van der Waals surface area (Å²) in [4.78, 5) is 9.46. The number of likely N-dealkylation sites (tertiary alicyclic amines) is 1. The van der Waals surface area contributed by atoms with Gasteiger partial charge in [-0.1, -0.05) is 6.07 Å². The van der Waals surface area contributed by atoms with E-state index in [1.54, 1.807) is 0 Å². The fraction of sp³-hybridized carbons (Fsp3) is 0.706. The van der Waals surface area contributed by atoms with Gasteiger partial charge in [0.25, 0.3) is 0 Å². The molecule has 2 N–H and O–H groups in total. The predicted octanol–water partition coefficient (Wildman–Crippen LogP) is 2.11. The molecule has 2 heterocycles. The molecule has 0 spiro atoms. The fourth-order valence-electron chi connectivity index (χ4n) is 3.36. The SMILES string of the molecule is CC(C)N1CCCC(CN)(N(C)Cc2ccccn2)CC1. The van der Waals surface area contributed by atoms with E-state index >= 15 is 0 Å². The molecule has 0 aliphatic carbocycles. The van der Waals surface area contributed by atoms with Crippen molar-refractivity contribution in [3.05, 3.63) is 30.1 Å². The van der Waals surface area contributed by atoms with Crippen molar-refractivity contribution in [2.24, 2.45) is 5.73 Å². The third-order valence-electron chi connectivity index (χ3n) is 5.00. The Morgan fingerprint density at radius 2 is 2.14 bits per heavy atom. The molecule has 1 atom stereocenters. The van der Waals surface area contributed by atoms with E-state index < -0.39 is 0 Å². The van der Waals surface area contributed by atoms with E-state index in [2.05, 4.69) is 47.8 Å². The number of hydrogen-bond acceptors (Lipinski definition) is 4. The second kappa shape index (κ2) is 7.34. The van der Waals surface area contributed by atoms with Gasteiger partial charge in [0, 0.05) is 37.4 Å². The maximum absolute atomic E-state index is 6.20. The molecule has 0 radical (unpaired) electrons. The van der Waals surface area contributed by atoms with Gasteiger partial charge in [0.1, 0.15) is 0 Å². The first-order valence-corrected chi connectivity index (χ1v) is 8.13. The van der Waals surface area contributed by atoms with Crippen LogP contribution in [0, 0.1) is 0 Å². The summed E-state index contributed by atoms with van der Waals surface area (Å²) in [6.07, 6.45) is 5.41. The topological polar surface area (TPSA) is 45.4 Å². The molecule has 1 unspecified atom stereocenters. The lowest BCUT2D eigenvalue weighted by Gasteiger charge is -2.41. The molecule has 4 heteroatoms. The van der Waals surface area contributed by atoms with Crippen molar-refractivity contribution in [3.8, 4) is 0 Å². The molecule has 1 aliphatic rings. The summed E-state index contributed by atoms with van der Waals surface area (Å²) in [5, 5.41) is 0. The average molecular weight is 290 g/mol. The molecule has 1 fully saturated rings. The normalized spacial score (nSPS) is 24.5. The summed E-state index contributed by atoms with van der Waals surface area (Å²) in [6.45, 7) is 8.50. The summed E-state index contributed by atoms with van der Waals surface area (Å²) in [7, 11) is 2.20. The van der Waals surface area contributed by atoms with Crippen LogP contribution >= 0.6 is 0 Å². The summed E-state index contributed by atoms with van der Waals surface area (Å²) in [5.41, 5.74) is 7.44. The highest BCUT2D eigenvalue weighted by molar-refractivity contribution is 5.05. The second-order valence-electron chi connectivity index (χ2n) is 6.59. The third kappa shape index (κ3) is 4.02. The molecule has 0 aromatic carbocycles. The lowest BCUT2D eigenvalue weighted by molar-refractivity contribution is 0.0961. The van der Waals surface area contributed by atoms with Crippen LogP contribution in [0.15, 0.2) is 24.4 Å². The monoisotopic (exact) mass is 290 g/mol. The van der Waals surface area contributed by atoms with Crippen LogP contribution in [-0.2, 0) is 6.54 Å². The van der Waals surface area contributed by atoms with Gasteiger partial charge in [-0.15, -0.1) is 0 Å². The van der Waals surface area contributed by atoms with Crippen LogP contribution in [0.25, 0.3) is 0 Å². The minimum Gasteiger partial charge on any atom is -0.329 e. The van der Waals surface area contributed by atoms with Crippen molar-refractivity contribution in [1.29, 1.82) is 0 Å². The van der Waals surface area contributed by atoms with E-state index in [1.807, 2.05) is 12.3 Å². The Hall–Kier alpha value is -0.970. The highest BCUT2D eigenvalue weighted by atomic mass is 15.2. The number of nitrogens with zero attached hydrogens (tertiary/aromatic N) is 3. The van der Waals surface area contributed by atoms with Crippen molar-refractivity contribution in [3.63, 3.8) is 0 Å². The number of aromatic nitrogens is 1. The molecule has 1 aliphatic heterocycles. The Balaban J connectivity index is 2.06. The first kappa shape index (κ1) is 16.4. The second-order valence-corrected chi connectivity index (χ2v) is 6.59. The Kier molecular flexibility index (Phi) is 5.73. The molecule has 0 saturated carbocycles. The van der Waals surface area contributed by atoms with E-state index in [4.69, 9.17) is 5.73 Å². The van der Waals surface area contributed by atoms with E-state index in [0.717, 1.165) is 31.7 Å². The Morgan fingerprint density at radius 1 is 1.33 bits per heavy atom. The quantitative estimate of drug-likeness (QED) is 0.902. The van der Waals surface area contributed by atoms with E-state index in [9.17, 15) is 0 Å². The number of rotatable bonds is 5. The number of hydrogen-bond donors (Lipinski definition) is 1. The van der Waals surface area contributed by atoms with Crippen molar-refractivity contribution in [2.45, 2.75) is 51.2 Å². The fourth-order valence-corrected chi connectivity index (χ4v) is 3.36. The van der Waals surface area contributed by atoms with Gasteiger partial charge >= 0.3 is 0 Å². The minimum atomic E-state index is 0.112. The summed E-state index contributed by atoms with van der Waals surface area (Å²) < 4.78 is 0. The third-order valence-corrected chi connectivity index (χ3v) is 5.00. The first-order valence-electron chi connectivity index (χ1n) is 8.13. The summed E-state index contributed by atoms with van der Waals surface area (Å²) >= 11 is 0. The smallest absolute Gasteiger partial charge is 0.0544 e. The average Bonchev–Trinajstić information content (AvgIpc) is 2.71. The van der Waals surface area contributed by atoms with E-state index in [1.165, 1.54) is 19.4 Å².